The van der Waals surface area contributed by atoms with Gasteiger partial charge in [0.05, 0.1) is 32.6 Å². The first-order chi connectivity index (χ1) is 16.0. The Morgan fingerprint density at radius 2 is 1.58 bits per heavy atom. The smallest absolute Gasteiger partial charge is 0.259 e. The number of para-hydroxylation sites is 1. The molecular weight excluding hydrogens is 418 g/mol. The van der Waals surface area contributed by atoms with E-state index in [1.165, 1.54) is 21.3 Å². The molecule has 0 radical (unpaired) electrons. The van der Waals surface area contributed by atoms with E-state index in [1.54, 1.807) is 23.0 Å². The third-order valence-electron chi connectivity index (χ3n) is 5.19. The van der Waals surface area contributed by atoms with Crippen LogP contribution in [0.4, 0.5) is 5.69 Å². The Bertz CT molecular complexity index is 1260. The number of anilines is 1. The molecule has 0 aliphatic rings. The van der Waals surface area contributed by atoms with Crippen molar-refractivity contribution in [2.75, 3.05) is 26.6 Å². The molecule has 0 fully saturated rings. The van der Waals surface area contributed by atoms with Crippen LogP contribution in [0.5, 0.6) is 17.2 Å². The molecular formula is C26H25N3O4. The summed E-state index contributed by atoms with van der Waals surface area (Å²) in [5.41, 5.74) is 4.35. The van der Waals surface area contributed by atoms with Crippen molar-refractivity contribution in [2.24, 2.45) is 0 Å². The van der Waals surface area contributed by atoms with Gasteiger partial charge in [0.1, 0.15) is 5.69 Å². The summed E-state index contributed by atoms with van der Waals surface area (Å²) in [5, 5.41) is 7.68. The lowest BCUT2D eigenvalue weighted by molar-refractivity contribution is 0.102. The zero-order valence-corrected chi connectivity index (χ0v) is 19.0. The van der Waals surface area contributed by atoms with Crippen LogP contribution in [0.2, 0.25) is 0 Å². The van der Waals surface area contributed by atoms with Gasteiger partial charge in [-0.25, -0.2) is 4.68 Å². The molecule has 1 amide bonds. The summed E-state index contributed by atoms with van der Waals surface area (Å²) in [7, 11) is 4.59. The van der Waals surface area contributed by atoms with E-state index in [2.05, 4.69) is 5.32 Å². The topological polar surface area (TPSA) is 74.6 Å². The highest BCUT2D eigenvalue weighted by molar-refractivity contribution is 6.08. The van der Waals surface area contributed by atoms with Gasteiger partial charge in [0.2, 0.25) is 5.75 Å². The van der Waals surface area contributed by atoms with Crippen LogP contribution in [0.25, 0.3) is 16.9 Å². The SMILES string of the molecule is COc1cc(NC(=O)c2cn(-c3ccccc3)nc2-c2cccc(C)c2)cc(OC)c1OC. The maximum Gasteiger partial charge on any atom is 0.259 e. The summed E-state index contributed by atoms with van der Waals surface area (Å²) >= 11 is 0. The lowest BCUT2D eigenvalue weighted by atomic mass is 10.1. The number of ether oxygens (including phenoxy) is 3. The monoisotopic (exact) mass is 443 g/mol. The predicted octanol–water partition coefficient (Wildman–Crippen LogP) is 5.13. The first-order valence-corrected chi connectivity index (χ1v) is 10.4. The van der Waals surface area contributed by atoms with Crippen LogP contribution in [0, 0.1) is 6.92 Å². The van der Waals surface area contributed by atoms with Gasteiger partial charge in [-0.3, -0.25) is 4.79 Å². The number of hydrogen-bond acceptors (Lipinski definition) is 5. The Morgan fingerprint density at radius 3 is 2.18 bits per heavy atom. The number of methoxy groups -OCH3 is 3. The molecule has 0 aliphatic heterocycles. The van der Waals surface area contributed by atoms with Crippen molar-refractivity contribution >= 4 is 11.6 Å². The third kappa shape index (κ3) is 4.52. The first-order valence-electron chi connectivity index (χ1n) is 10.4. The number of nitrogens with zero attached hydrogens (tertiary/aromatic N) is 2. The van der Waals surface area contributed by atoms with Gasteiger partial charge in [-0.2, -0.15) is 5.10 Å². The van der Waals surface area contributed by atoms with E-state index < -0.39 is 0 Å². The van der Waals surface area contributed by atoms with Gasteiger partial charge >= 0.3 is 0 Å². The Morgan fingerprint density at radius 1 is 0.879 bits per heavy atom. The molecule has 0 saturated heterocycles. The summed E-state index contributed by atoms with van der Waals surface area (Å²) in [6.45, 7) is 2.01. The lowest BCUT2D eigenvalue weighted by Gasteiger charge is -2.14. The van der Waals surface area contributed by atoms with Crippen molar-refractivity contribution in [3.05, 3.63) is 84.1 Å². The summed E-state index contributed by atoms with van der Waals surface area (Å²) < 4.78 is 17.9. The molecule has 168 valence electrons. The summed E-state index contributed by atoms with van der Waals surface area (Å²) in [6, 6.07) is 21.0. The molecule has 1 aromatic heterocycles. The van der Waals surface area contributed by atoms with Gasteiger partial charge in [0.25, 0.3) is 5.91 Å². The van der Waals surface area contributed by atoms with Crippen molar-refractivity contribution in [2.45, 2.75) is 6.92 Å². The number of aromatic nitrogens is 2. The molecule has 1 heterocycles. The van der Waals surface area contributed by atoms with E-state index in [9.17, 15) is 4.79 Å². The molecule has 3 aromatic carbocycles. The number of carbonyl (C=O) groups excluding carboxylic acids is 1. The number of hydrogen-bond donors (Lipinski definition) is 1. The minimum Gasteiger partial charge on any atom is -0.493 e. The fraction of sp³-hybridized carbons (Fsp3) is 0.154. The Labute approximate surface area is 192 Å². The number of carbonyl (C=O) groups is 1. The lowest BCUT2D eigenvalue weighted by Crippen LogP contribution is -2.12. The minimum atomic E-state index is -0.303. The van der Waals surface area contributed by atoms with Crippen LogP contribution in [0.15, 0.2) is 72.9 Å². The zero-order valence-electron chi connectivity index (χ0n) is 19.0. The van der Waals surface area contributed by atoms with Crippen LogP contribution in [-0.2, 0) is 0 Å². The molecule has 0 aliphatic carbocycles. The standard InChI is InChI=1S/C26H25N3O4/c1-17-9-8-10-18(13-17)24-21(16-29(28-24)20-11-6-5-7-12-20)26(30)27-19-14-22(31-2)25(33-4)23(15-19)32-3/h5-16H,1-4H3,(H,27,30). The fourth-order valence-corrected chi connectivity index (χ4v) is 3.61. The number of benzene rings is 3. The van der Waals surface area contributed by atoms with Crippen LogP contribution < -0.4 is 19.5 Å². The summed E-state index contributed by atoms with van der Waals surface area (Å²) in [4.78, 5) is 13.4. The molecule has 0 atom stereocenters. The van der Waals surface area contributed by atoms with Crippen LogP contribution >= 0.6 is 0 Å². The van der Waals surface area contributed by atoms with Crippen LogP contribution in [0.3, 0.4) is 0 Å². The maximum absolute atomic E-state index is 13.4. The van der Waals surface area contributed by atoms with Crippen molar-refractivity contribution in [3.8, 4) is 34.2 Å². The van der Waals surface area contributed by atoms with E-state index in [1.807, 2.05) is 61.5 Å². The molecule has 7 heteroatoms. The highest BCUT2D eigenvalue weighted by Gasteiger charge is 2.21. The van der Waals surface area contributed by atoms with E-state index in [0.717, 1.165) is 16.8 Å². The van der Waals surface area contributed by atoms with E-state index >= 15 is 0 Å². The Balaban J connectivity index is 1.76. The Kier molecular flexibility index (Phi) is 6.31. The second-order valence-electron chi connectivity index (χ2n) is 7.41. The number of nitrogens with one attached hydrogen (secondary N) is 1. The normalized spacial score (nSPS) is 10.5. The van der Waals surface area contributed by atoms with Crippen molar-refractivity contribution < 1.29 is 19.0 Å². The molecule has 4 rings (SSSR count). The van der Waals surface area contributed by atoms with Gasteiger partial charge in [-0.15, -0.1) is 0 Å². The number of aryl methyl sites for hydroxylation is 1. The highest BCUT2D eigenvalue weighted by atomic mass is 16.5. The van der Waals surface area contributed by atoms with Gasteiger partial charge in [0.15, 0.2) is 11.5 Å². The summed E-state index contributed by atoms with van der Waals surface area (Å²) in [5.74, 6) is 1.05. The second kappa shape index (κ2) is 9.48. The first kappa shape index (κ1) is 22.0. The van der Waals surface area contributed by atoms with Gasteiger partial charge < -0.3 is 19.5 Å². The molecule has 0 bridgehead atoms. The largest absolute Gasteiger partial charge is 0.493 e. The molecule has 7 nitrogen and oxygen atoms in total. The fourth-order valence-electron chi connectivity index (χ4n) is 3.61. The molecule has 0 spiro atoms. The predicted molar refractivity (Wildman–Crippen MR) is 128 cm³/mol. The molecule has 33 heavy (non-hydrogen) atoms. The average Bonchev–Trinajstić information content (AvgIpc) is 3.30. The molecule has 1 N–H and O–H groups in total. The molecule has 0 saturated carbocycles. The van der Waals surface area contributed by atoms with Crippen molar-refractivity contribution in [3.63, 3.8) is 0 Å². The average molecular weight is 444 g/mol. The van der Waals surface area contributed by atoms with Crippen molar-refractivity contribution in [1.29, 1.82) is 0 Å². The Hall–Kier alpha value is -4.26. The molecule has 0 unspecified atom stereocenters. The van der Waals surface area contributed by atoms with E-state index in [4.69, 9.17) is 19.3 Å². The number of rotatable bonds is 7. The van der Waals surface area contributed by atoms with Gasteiger partial charge in [0, 0.05) is 29.6 Å². The van der Waals surface area contributed by atoms with Crippen LogP contribution in [0.1, 0.15) is 15.9 Å². The highest BCUT2D eigenvalue weighted by Crippen LogP contribution is 2.40. The minimum absolute atomic E-state index is 0.303. The van der Waals surface area contributed by atoms with Crippen LogP contribution in [-0.4, -0.2) is 37.0 Å². The summed E-state index contributed by atoms with van der Waals surface area (Å²) in [6.07, 6.45) is 1.74. The zero-order chi connectivity index (χ0) is 23.4. The quantitative estimate of drug-likeness (QED) is 0.429. The maximum atomic E-state index is 13.4. The third-order valence-corrected chi connectivity index (χ3v) is 5.19. The second-order valence-corrected chi connectivity index (χ2v) is 7.41. The van der Waals surface area contributed by atoms with E-state index in [-0.39, 0.29) is 5.91 Å². The van der Waals surface area contributed by atoms with Crippen molar-refractivity contribution in [1.82, 2.24) is 9.78 Å². The van der Waals surface area contributed by atoms with Gasteiger partial charge in [-0.1, -0.05) is 42.0 Å². The molecule has 4 aromatic rings. The number of amides is 1. The van der Waals surface area contributed by atoms with E-state index in [0.29, 0.717) is 34.2 Å². The van der Waals surface area contributed by atoms with Gasteiger partial charge in [-0.05, 0) is 25.1 Å².